The van der Waals surface area contributed by atoms with Gasteiger partial charge in [-0.2, -0.15) is 0 Å². The monoisotopic (exact) mass is 357 g/mol. The molecule has 1 aliphatic rings. The summed E-state index contributed by atoms with van der Waals surface area (Å²) >= 11 is 1.41. The molecule has 1 fully saturated rings. The highest BCUT2D eigenvalue weighted by molar-refractivity contribution is 7.12. The minimum Gasteiger partial charge on any atom is -0.347 e. The Morgan fingerprint density at radius 3 is 2.40 bits per heavy atom. The standard InChI is InChI=1S/C19H23N3O2S/c20-13-19(9-1-2-10-19)22-17(23)15-7-5-14(6-8-15)12-21-18(24)16-4-3-11-25-16/h3-8,11H,1-2,9-10,12-13,20H2,(H,21,24)(H,22,23). The van der Waals surface area contributed by atoms with Crippen LogP contribution in [0.1, 0.15) is 51.3 Å². The first kappa shape index (κ1) is 17.6. The van der Waals surface area contributed by atoms with E-state index in [0.717, 1.165) is 31.2 Å². The fourth-order valence-corrected chi connectivity index (χ4v) is 3.84. The lowest BCUT2D eigenvalue weighted by Crippen LogP contribution is -2.51. The molecule has 0 radical (unpaired) electrons. The van der Waals surface area contributed by atoms with Crippen molar-refractivity contribution in [3.05, 3.63) is 57.8 Å². The molecule has 1 aliphatic carbocycles. The molecular weight excluding hydrogens is 334 g/mol. The second-order valence-electron chi connectivity index (χ2n) is 6.50. The topological polar surface area (TPSA) is 84.2 Å². The minimum absolute atomic E-state index is 0.0806. The van der Waals surface area contributed by atoms with Crippen LogP contribution in [0.5, 0.6) is 0 Å². The van der Waals surface area contributed by atoms with E-state index in [1.54, 1.807) is 18.2 Å². The third-order valence-electron chi connectivity index (χ3n) is 4.74. The van der Waals surface area contributed by atoms with Gasteiger partial charge in [0.25, 0.3) is 11.8 Å². The second kappa shape index (κ2) is 7.80. The molecular formula is C19H23N3O2S. The van der Waals surface area contributed by atoms with Crippen LogP contribution in [-0.4, -0.2) is 23.9 Å². The molecule has 6 heteroatoms. The van der Waals surface area contributed by atoms with Gasteiger partial charge >= 0.3 is 0 Å². The number of hydrogen-bond acceptors (Lipinski definition) is 4. The molecule has 132 valence electrons. The summed E-state index contributed by atoms with van der Waals surface area (Å²) in [5.74, 6) is -0.163. The summed E-state index contributed by atoms with van der Waals surface area (Å²) in [6.07, 6.45) is 4.12. The normalized spacial score (nSPS) is 15.7. The number of amides is 2. The molecule has 1 aromatic heterocycles. The van der Waals surface area contributed by atoms with Crippen LogP contribution in [0.2, 0.25) is 0 Å². The first-order valence-corrected chi connectivity index (χ1v) is 9.43. The number of nitrogens with one attached hydrogen (secondary N) is 2. The van der Waals surface area contributed by atoms with Gasteiger partial charge in [0.15, 0.2) is 0 Å². The molecule has 1 saturated carbocycles. The Kier molecular flexibility index (Phi) is 5.50. The zero-order valence-electron chi connectivity index (χ0n) is 14.1. The summed E-state index contributed by atoms with van der Waals surface area (Å²) in [4.78, 5) is 25.1. The molecule has 25 heavy (non-hydrogen) atoms. The maximum Gasteiger partial charge on any atom is 0.261 e. The van der Waals surface area contributed by atoms with Gasteiger partial charge < -0.3 is 16.4 Å². The Labute approximate surface area is 151 Å². The zero-order valence-corrected chi connectivity index (χ0v) is 14.9. The Morgan fingerprint density at radius 2 is 1.80 bits per heavy atom. The van der Waals surface area contributed by atoms with Crippen molar-refractivity contribution in [3.8, 4) is 0 Å². The van der Waals surface area contributed by atoms with Crippen molar-refractivity contribution in [3.63, 3.8) is 0 Å². The summed E-state index contributed by atoms with van der Waals surface area (Å²) < 4.78 is 0. The van der Waals surface area contributed by atoms with Crippen molar-refractivity contribution < 1.29 is 9.59 Å². The molecule has 4 N–H and O–H groups in total. The van der Waals surface area contributed by atoms with Gasteiger partial charge in [0.05, 0.1) is 10.4 Å². The average Bonchev–Trinajstić information content (AvgIpc) is 3.32. The number of carbonyl (C=O) groups excluding carboxylic acids is 2. The molecule has 5 nitrogen and oxygen atoms in total. The highest BCUT2D eigenvalue weighted by Crippen LogP contribution is 2.28. The Morgan fingerprint density at radius 1 is 1.08 bits per heavy atom. The van der Waals surface area contributed by atoms with Crippen molar-refractivity contribution in [1.82, 2.24) is 10.6 Å². The lowest BCUT2D eigenvalue weighted by molar-refractivity contribution is 0.0901. The average molecular weight is 357 g/mol. The maximum absolute atomic E-state index is 12.5. The predicted octanol–water partition coefficient (Wildman–Crippen LogP) is 2.68. The first-order valence-electron chi connectivity index (χ1n) is 8.55. The van der Waals surface area contributed by atoms with Gasteiger partial charge in [0.1, 0.15) is 0 Å². The van der Waals surface area contributed by atoms with E-state index in [-0.39, 0.29) is 17.4 Å². The fraction of sp³-hybridized carbons (Fsp3) is 0.368. The highest BCUT2D eigenvalue weighted by atomic mass is 32.1. The number of thiophene rings is 1. The zero-order chi connectivity index (χ0) is 17.7. The Bertz CT molecular complexity index is 720. The molecule has 2 aromatic rings. The van der Waals surface area contributed by atoms with Crippen molar-refractivity contribution in [2.45, 2.75) is 37.8 Å². The van der Waals surface area contributed by atoms with Gasteiger partial charge in [0, 0.05) is 18.7 Å². The lowest BCUT2D eigenvalue weighted by Gasteiger charge is -2.28. The van der Waals surface area contributed by atoms with E-state index in [2.05, 4.69) is 10.6 Å². The van der Waals surface area contributed by atoms with E-state index in [1.165, 1.54) is 11.3 Å². The van der Waals surface area contributed by atoms with Crippen molar-refractivity contribution in [1.29, 1.82) is 0 Å². The Hall–Kier alpha value is -2.18. The summed E-state index contributed by atoms with van der Waals surface area (Å²) in [7, 11) is 0. The summed E-state index contributed by atoms with van der Waals surface area (Å²) in [5.41, 5.74) is 7.20. The lowest BCUT2D eigenvalue weighted by atomic mass is 9.97. The number of carbonyl (C=O) groups is 2. The van der Waals surface area contributed by atoms with Gasteiger partial charge in [-0.05, 0) is 42.0 Å². The highest BCUT2D eigenvalue weighted by Gasteiger charge is 2.33. The van der Waals surface area contributed by atoms with Gasteiger partial charge in [-0.3, -0.25) is 9.59 Å². The maximum atomic E-state index is 12.5. The van der Waals surface area contributed by atoms with E-state index >= 15 is 0 Å². The minimum atomic E-state index is -0.246. The molecule has 1 heterocycles. The van der Waals surface area contributed by atoms with E-state index in [9.17, 15) is 9.59 Å². The molecule has 0 bridgehead atoms. The van der Waals surface area contributed by atoms with E-state index in [1.807, 2.05) is 23.6 Å². The molecule has 0 spiro atoms. The van der Waals surface area contributed by atoms with Crippen molar-refractivity contribution >= 4 is 23.2 Å². The molecule has 2 amide bonds. The number of hydrogen-bond donors (Lipinski definition) is 3. The number of rotatable bonds is 6. The van der Waals surface area contributed by atoms with Gasteiger partial charge in [-0.1, -0.05) is 31.0 Å². The van der Waals surface area contributed by atoms with Crippen molar-refractivity contribution in [2.75, 3.05) is 6.54 Å². The fourth-order valence-electron chi connectivity index (χ4n) is 3.20. The van der Waals surface area contributed by atoms with E-state index < -0.39 is 0 Å². The van der Waals surface area contributed by atoms with Gasteiger partial charge in [-0.15, -0.1) is 11.3 Å². The van der Waals surface area contributed by atoms with Crippen LogP contribution in [0.4, 0.5) is 0 Å². The molecule has 1 aromatic carbocycles. The molecule has 0 aliphatic heterocycles. The summed E-state index contributed by atoms with van der Waals surface area (Å²) in [6.45, 7) is 0.914. The van der Waals surface area contributed by atoms with Crippen LogP contribution in [0.25, 0.3) is 0 Å². The largest absolute Gasteiger partial charge is 0.347 e. The second-order valence-corrected chi connectivity index (χ2v) is 7.45. The summed E-state index contributed by atoms with van der Waals surface area (Å²) in [6, 6.07) is 11.0. The van der Waals surface area contributed by atoms with Crippen molar-refractivity contribution in [2.24, 2.45) is 5.73 Å². The van der Waals surface area contributed by atoms with Crippen LogP contribution in [0.3, 0.4) is 0 Å². The van der Waals surface area contributed by atoms with Crippen LogP contribution in [0.15, 0.2) is 41.8 Å². The number of nitrogens with two attached hydrogens (primary N) is 1. The van der Waals surface area contributed by atoms with Gasteiger partial charge in [0.2, 0.25) is 0 Å². The smallest absolute Gasteiger partial charge is 0.261 e. The SMILES string of the molecule is NCC1(NC(=O)c2ccc(CNC(=O)c3cccs3)cc2)CCCC1. The van der Waals surface area contributed by atoms with Crippen LogP contribution in [-0.2, 0) is 6.54 Å². The third kappa shape index (κ3) is 4.27. The predicted molar refractivity (Wildman–Crippen MR) is 99.7 cm³/mol. The molecule has 3 rings (SSSR count). The van der Waals surface area contributed by atoms with E-state index in [0.29, 0.717) is 23.5 Å². The molecule has 0 unspecified atom stereocenters. The van der Waals surface area contributed by atoms with Crippen LogP contribution >= 0.6 is 11.3 Å². The number of benzene rings is 1. The first-order chi connectivity index (χ1) is 12.1. The van der Waals surface area contributed by atoms with Crippen LogP contribution < -0.4 is 16.4 Å². The van der Waals surface area contributed by atoms with E-state index in [4.69, 9.17) is 5.73 Å². The summed E-state index contributed by atoms with van der Waals surface area (Å²) in [5, 5.41) is 7.87. The molecule has 0 saturated heterocycles. The van der Waals surface area contributed by atoms with Crippen LogP contribution in [0, 0.1) is 0 Å². The van der Waals surface area contributed by atoms with Gasteiger partial charge in [-0.25, -0.2) is 0 Å². The third-order valence-corrected chi connectivity index (χ3v) is 5.61. The molecule has 0 atom stereocenters. The quantitative estimate of drug-likeness (QED) is 0.743. The Balaban J connectivity index is 1.56.